The van der Waals surface area contributed by atoms with Gasteiger partial charge in [0.05, 0.1) is 13.0 Å². The summed E-state index contributed by atoms with van der Waals surface area (Å²) in [6, 6.07) is 2.56. The van der Waals surface area contributed by atoms with E-state index >= 15 is 0 Å². The fourth-order valence-electron chi connectivity index (χ4n) is 1.62. The van der Waals surface area contributed by atoms with Crippen LogP contribution in [0.5, 0.6) is 0 Å². The van der Waals surface area contributed by atoms with Crippen molar-refractivity contribution in [3.05, 3.63) is 29.1 Å². The van der Waals surface area contributed by atoms with E-state index in [2.05, 4.69) is 10.3 Å². The summed E-state index contributed by atoms with van der Waals surface area (Å²) in [5, 5.41) is 2.61. The lowest BCUT2D eigenvalue weighted by Gasteiger charge is -2.04. The number of carbonyl (C=O) groups excluding carboxylic acids is 2. The fraction of sp³-hybridized carbons (Fsp3) is 0.200. The van der Waals surface area contributed by atoms with Gasteiger partial charge in [0.15, 0.2) is 0 Å². The zero-order valence-corrected chi connectivity index (χ0v) is 7.71. The molecule has 0 radical (unpaired) electrons. The van der Waals surface area contributed by atoms with Gasteiger partial charge in [-0.25, -0.2) is 14.2 Å². The Hall–Kier alpha value is -2.00. The van der Waals surface area contributed by atoms with Gasteiger partial charge in [0.25, 0.3) is 0 Å². The summed E-state index contributed by atoms with van der Waals surface area (Å²) in [5.41, 5.74) is 1.68. The van der Waals surface area contributed by atoms with Crippen LogP contribution < -0.4 is 5.32 Å². The minimum Gasteiger partial charge on any atom is -0.325 e. The van der Waals surface area contributed by atoms with E-state index in [-0.39, 0.29) is 18.9 Å². The number of amides is 1. The van der Waals surface area contributed by atoms with Crippen molar-refractivity contribution in [3.8, 4) is 0 Å². The van der Waals surface area contributed by atoms with Gasteiger partial charge in [0, 0.05) is 11.3 Å². The maximum absolute atomic E-state index is 13.1. The van der Waals surface area contributed by atoms with E-state index < -0.39 is 5.82 Å². The molecule has 1 heterocycles. The Kier molecular flexibility index (Phi) is 2.31. The van der Waals surface area contributed by atoms with Gasteiger partial charge in [-0.15, -0.1) is 0 Å². The molecule has 1 aromatic carbocycles. The normalized spacial score (nSPS) is 13.0. The van der Waals surface area contributed by atoms with E-state index in [9.17, 15) is 14.0 Å². The average Bonchev–Trinajstić information content (AvgIpc) is 2.54. The molecule has 1 aliphatic rings. The highest BCUT2D eigenvalue weighted by Crippen LogP contribution is 2.28. The first kappa shape index (κ1) is 9.55. The number of rotatable bonds is 2. The average molecular weight is 206 g/mol. The molecule has 0 fully saturated rings. The molecular weight excluding hydrogens is 199 g/mol. The Bertz CT molecular complexity index is 479. The first-order chi connectivity index (χ1) is 7.20. The maximum Gasteiger partial charge on any atom is 0.235 e. The number of nitrogens with zero attached hydrogens (tertiary/aromatic N) is 1. The first-order valence-electron chi connectivity index (χ1n) is 4.35. The zero-order chi connectivity index (χ0) is 10.8. The predicted molar refractivity (Wildman–Crippen MR) is 50.6 cm³/mol. The molecule has 15 heavy (non-hydrogen) atoms. The molecule has 1 N–H and O–H groups in total. The molecule has 2 rings (SSSR count). The summed E-state index contributed by atoms with van der Waals surface area (Å²) < 4.78 is 13.1. The smallest absolute Gasteiger partial charge is 0.235 e. The van der Waals surface area contributed by atoms with Gasteiger partial charge in [-0.1, -0.05) is 0 Å². The largest absolute Gasteiger partial charge is 0.325 e. The molecule has 1 aromatic rings. The number of halogens is 1. The van der Waals surface area contributed by atoms with Crippen molar-refractivity contribution in [2.45, 2.75) is 13.0 Å². The van der Waals surface area contributed by atoms with Crippen molar-refractivity contribution in [1.82, 2.24) is 0 Å². The topological polar surface area (TPSA) is 58.5 Å². The van der Waals surface area contributed by atoms with Gasteiger partial charge in [-0.3, -0.25) is 4.79 Å². The summed E-state index contributed by atoms with van der Waals surface area (Å²) in [4.78, 5) is 24.4. The van der Waals surface area contributed by atoms with Crippen LogP contribution >= 0.6 is 0 Å². The van der Waals surface area contributed by atoms with Crippen molar-refractivity contribution in [1.29, 1.82) is 0 Å². The van der Waals surface area contributed by atoms with E-state index in [0.29, 0.717) is 16.8 Å². The van der Waals surface area contributed by atoms with Gasteiger partial charge in [-0.05, 0) is 17.7 Å². The number of benzene rings is 1. The van der Waals surface area contributed by atoms with Crippen LogP contribution in [-0.2, 0) is 22.6 Å². The highest BCUT2D eigenvalue weighted by Gasteiger charge is 2.21. The molecule has 0 saturated carbocycles. The van der Waals surface area contributed by atoms with Gasteiger partial charge in [0.1, 0.15) is 5.82 Å². The standard InChI is InChI=1S/C10H7FN2O2/c11-8-1-6-3-9(15)13-10(6)7(2-8)4-12-5-14/h1-2H,3-4H2,(H,13,15). The van der Waals surface area contributed by atoms with Crippen molar-refractivity contribution >= 4 is 17.7 Å². The summed E-state index contributed by atoms with van der Waals surface area (Å²) in [5.74, 6) is -0.603. The second-order valence-corrected chi connectivity index (χ2v) is 3.23. The zero-order valence-electron chi connectivity index (χ0n) is 7.71. The van der Waals surface area contributed by atoms with E-state index in [0.717, 1.165) is 0 Å². The molecule has 0 spiro atoms. The summed E-state index contributed by atoms with van der Waals surface area (Å²) in [6.45, 7) is 0.0316. The first-order valence-corrected chi connectivity index (χ1v) is 4.35. The number of aliphatic imine (C=N–C) groups is 1. The van der Waals surface area contributed by atoms with Crippen molar-refractivity contribution in [2.24, 2.45) is 4.99 Å². The second-order valence-electron chi connectivity index (χ2n) is 3.23. The van der Waals surface area contributed by atoms with Crippen molar-refractivity contribution in [3.63, 3.8) is 0 Å². The van der Waals surface area contributed by atoms with Crippen LogP contribution in [0.4, 0.5) is 10.1 Å². The Morgan fingerprint density at radius 1 is 1.53 bits per heavy atom. The monoisotopic (exact) mass is 206 g/mol. The van der Waals surface area contributed by atoms with Crippen LogP contribution in [0.1, 0.15) is 11.1 Å². The Morgan fingerprint density at radius 3 is 3.07 bits per heavy atom. The minimum absolute atomic E-state index is 0.0316. The molecule has 5 heteroatoms. The van der Waals surface area contributed by atoms with Gasteiger partial charge in [-0.2, -0.15) is 0 Å². The fourth-order valence-corrected chi connectivity index (χ4v) is 1.62. The number of hydrogen-bond acceptors (Lipinski definition) is 3. The molecule has 0 aliphatic carbocycles. The summed E-state index contributed by atoms with van der Waals surface area (Å²) in [6.07, 6.45) is 1.55. The molecule has 0 saturated heterocycles. The van der Waals surface area contributed by atoms with Gasteiger partial charge in [0.2, 0.25) is 12.0 Å². The lowest BCUT2D eigenvalue weighted by molar-refractivity contribution is -0.115. The Balaban J connectivity index is 2.46. The third-order valence-electron chi connectivity index (χ3n) is 2.20. The molecule has 1 amide bonds. The lowest BCUT2D eigenvalue weighted by atomic mass is 10.1. The second kappa shape index (κ2) is 3.63. The van der Waals surface area contributed by atoms with Gasteiger partial charge >= 0.3 is 0 Å². The molecule has 76 valence electrons. The number of nitrogens with one attached hydrogen (secondary N) is 1. The van der Waals surface area contributed by atoms with Crippen LogP contribution in [0.2, 0.25) is 0 Å². The van der Waals surface area contributed by atoms with E-state index in [1.807, 2.05) is 0 Å². The Morgan fingerprint density at radius 2 is 2.33 bits per heavy atom. The summed E-state index contributed by atoms with van der Waals surface area (Å²) in [7, 11) is 0. The van der Waals surface area contributed by atoms with Crippen molar-refractivity contribution in [2.75, 3.05) is 5.32 Å². The van der Waals surface area contributed by atoms with E-state index in [1.165, 1.54) is 18.2 Å². The molecule has 0 bridgehead atoms. The molecule has 1 aliphatic heterocycles. The van der Waals surface area contributed by atoms with Crippen LogP contribution in [0.25, 0.3) is 0 Å². The molecule has 0 unspecified atom stereocenters. The maximum atomic E-state index is 13.1. The van der Waals surface area contributed by atoms with Crippen LogP contribution in [0, 0.1) is 5.82 Å². The van der Waals surface area contributed by atoms with Gasteiger partial charge < -0.3 is 5.32 Å². The number of anilines is 1. The molecule has 0 aromatic heterocycles. The lowest BCUT2D eigenvalue weighted by Crippen LogP contribution is -2.04. The number of hydrogen-bond donors (Lipinski definition) is 1. The summed E-state index contributed by atoms with van der Waals surface area (Å²) >= 11 is 0. The molecule has 4 nitrogen and oxygen atoms in total. The Labute approximate surface area is 84.8 Å². The van der Waals surface area contributed by atoms with Crippen molar-refractivity contribution < 1.29 is 14.0 Å². The quantitative estimate of drug-likeness (QED) is 0.583. The number of isocyanates is 1. The SMILES string of the molecule is O=C=NCc1cc(F)cc2c1NC(=O)C2. The highest BCUT2D eigenvalue weighted by atomic mass is 19.1. The highest BCUT2D eigenvalue weighted by molar-refractivity contribution is 6.00. The number of carbonyl (C=O) groups is 1. The molecular formula is C10H7FN2O2. The third-order valence-corrected chi connectivity index (χ3v) is 2.20. The van der Waals surface area contributed by atoms with Crippen LogP contribution in [-0.4, -0.2) is 12.0 Å². The van der Waals surface area contributed by atoms with Crippen LogP contribution in [0.3, 0.4) is 0 Å². The molecule has 0 atom stereocenters. The van der Waals surface area contributed by atoms with E-state index in [4.69, 9.17) is 0 Å². The third kappa shape index (κ3) is 1.78. The minimum atomic E-state index is -0.429. The predicted octanol–water partition coefficient (Wildman–Crippen LogP) is 1.16. The number of fused-ring (bicyclic) bond motifs is 1. The van der Waals surface area contributed by atoms with Crippen LogP contribution in [0.15, 0.2) is 17.1 Å². The van der Waals surface area contributed by atoms with E-state index in [1.54, 1.807) is 0 Å².